The van der Waals surface area contributed by atoms with Gasteiger partial charge in [-0.15, -0.1) is 0 Å². The predicted octanol–water partition coefficient (Wildman–Crippen LogP) is 2.82. The van der Waals surface area contributed by atoms with Gasteiger partial charge in [-0.1, -0.05) is 36.8 Å². The van der Waals surface area contributed by atoms with Gasteiger partial charge in [-0.05, 0) is 31.2 Å². The van der Waals surface area contributed by atoms with Crippen LogP contribution in [0.3, 0.4) is 0 Å². The second-order valence-corrected chi connectivity index (χ2v) is 6.49. The second-order valence-electron chi connectivity index (χ2n) is 6.49. The van der Waals surface area contributed by atoms with E-state index in [9.17, 15) is 14.4 Å². The summed E-state index contributed by atoms with van der Waals surface area (Å²) in [6.07, 6.45) is 3.14. The van der Waals surface area contributed by atoms with E-state index in [0.29, 0.717) is 32.2 Å². The molecule has 0 radical (unpaired) electrons. The number of esters is 1. The lowest BCUT2D eigenvalue weighted by Crippen LogP contribution is -2.41. The van der Waals surface area contributed by atoms with Crippen LogP contribution in [0.15, 0.2) is 30.3 Å². The van der Waals surface area contributed by atoms with Crippen LogP contribution >= 0.6 is 0 Å². The molecular weight excluding hydrogens is 374 g/mol. The number of ether oxygens (including phenoxy) is 2. The monoisotopic (exact) mass is 403 g/mol. The van der Waals surface area contributed by atoms with E-state index < -0.39 is 18.1 Å². The highest BCUT2D eigenvalue weighted by Crippen LogP contribution is 2.05. The topological polar surface area (TPSA) is 118 Å². The molecule has 0 spiro atoms. The van der Waals surface area contributed by atoms with Crippen molar-refractivity contribution >= 4 is 18.0 Å². The predicted molar refractivity (Wildman–Crippen MR) is 107 cm³/mol. The van der Waals surface area contributed by atoms with Gasteiger partial charge in [0.05, 0.1) is 13.2 Å². The number of nitriles is 1. The summed E-state index contributed by atoms with van der Waals surface area (Å²) >= 11 is 0. The smallest absolute Gasteiger partial charge is 0.407 e. The average Bonchev–Trinajstić information content (AvgIpc) is 2.74. The van der Waals surface area contributed by atoms with Gasteiger partial charge in [-0.25, -0.2) is 9.59 Å². The molecule has 8 heteroatoms. The lowest BCUT2D eigenvalue weighted by Gasteiger charge is -2.15. The normalized spacial score (nSPS) is 11.0. The van der Waals surface area contributed by atoms with Crippen LogP contribution in [0.2, 0.25) is 0 Å². The van der Waals surface area contributed by atoms with Gasteiger partial charge >= 0.3 is 12.1 Å². The number of hydrogen-bond acceptors (Lipinski definition) is 6. The maximum Gasteiger partial charge on any atom is 0.407 e. The zero-order chi connectivity index (χ0) is 21.3. The number of carbonyl (C=O) groups is 3. The fraction of sp³-hybridized carbons (Fsp3) is 0.524. The summed E-state index contributed by atoms with van der Waals surface area (Å²) in [6.45, 7) is 0.691. The van der Waals surface area contributed by atoms with Crippen molar-refractivity contribution in [3.63, 3.8) is 0 Å². The van der Waals surface area contributed by atoms with Gasteiger partial charge < -0.3 is 20.1 Å². The Hall–Kier alpha value is -3.08. The van der Waals surface area contributed by atoms with Crippen molar-refractivity contribution in [2.75, 3.05) is 13.7 Å². The first kappa shape index (κ1) is 24.0. The minimum Gasteiger partial charge on any atom is -0.467 e. The Morgan fingerprint density at radius 2 is 1.86 bits per heavy atom. The third-order valence-corrected chi connectivity index (χ3v) is 4.17. The summed E-state index contributed by atoms with van der Waals surface area (Å²) in [5.41, 5.74) is 0.923. The summed E-state index contributed by atoms with van der Waals surface area (Å²) in [5, 5.41) is 13.9. The summed E-state index contributed by atoms with van der Waals surface area (Å²) in [6, 6.07) is 10.7. The number of nitrogens with zero attached hydrogens (tertiary/aromatic N) is 1. The summed E-state index contributed by atoms with van der Waals surface area (Å²) in [5.74, 6) is -0.734. The maximum atomic E-state index is 12.0. The molecule has 1 aromatic rings. The maximum absolute atomic E-state index is 12.0. The Balaban J connectivity index is 2.11. The second kappa shape index (κ2) is 14.9. The molecule has 0 unspecified atom stereocenters. The van der Waals surface area contributed by atoms with Crippen LogP contribution < -0.4 is 10.6 Å². The number of hydrogen-bond donors (Lipinski definition) is 2. The largest absolute Gasteiger partial charge is 0.467 e. The molecule has 2 N–H and O–H groups in total. The average molecular weight is 403 g/mol. The van der Waals surface area contributed by atoms with E-state index in [2.05, 4.69) is 15.4 Å². The van der Waals surface area contributed by atoms with Crippen molar-refractivity contribution < 1.29 is 23.9 Å². The molecule has 0 heterocycles. The van der Waals surface area contributed by atoms with Crippen LogP contribution in [-0.4, -0.2) is 37.7 Å². The Labute approximate surface area is 171 Å². The van der Waals surface area contributed by atoms with Gasteiger partial charge in [0.15, 0.2) is 0 Å². The van der Waals surface area contributed by atoms with E-state index in [-0.39, 0.29) is 18.9 Å². The lowest BCUT2D eigenvalue weighted by atomic mass is 10.1. The molecule has 8 nitrogen and oxygen atoms in total. The standard InChI is InChI=1S/C21H29N3O5/c1-28-20(26)18(12-7-8-14-22)24-19(25)13-6-3-9-15-23-21(27)29-16-17-10-4-2-5-11-17/h2,4-5,10-11,18H,3,6-9,12-13,15-16H2,1H3,(H,23,27)(H,24,25)/t18-/m1/s1. The van der Waals surface area contributed by atoms with Crippen molar-refractivity contribution in [1.29, 1.82) is 5.26 Å². The van der Waals surface area contributed by atoms with Crippen molar-refractivity contribution in [2.24, 2.45) is 0 Å². The highest BCUT2D eigenvalue weighted by atomic mass is 16.5. The third kappa shape index (κ3) is 11.4. The van der Waals surface area contributed by atoms with E-state index in [1.54, 1.807) is 0 Å². The number of rotatable bonds is 13. The van der Waals surface area contributed by atoms with Gasteiger partial charge in [0.25, 0.3) is 0 Å². The molecule has 2 amide bonds. The zero-order valence-corrected chi connectivity index (χ0v) is 16.8. The van der Waals surface area contributed by atoms with E-state index in [0.717, 1.165) is 18.4 Å². The quantitative estimate of drug-likeness (QED) is 0.386. The van der Waals surface area contributed by atoms with Crippen molar-refractivity contribution in [2.45, 2.75) is 57.6 Å². The van der Waals surface area contributed by atoms with Crippen LogP contribution in [-0.2, 0) is 25.7 Å². The van der Waals surface area contributed by atoms with Crippen molar-refractivity contribution in [3.05, 3.63) is 35.9 Å². The molecule has 1 aromatic carbocycles. The summed E-state index contributed by atoms with van der Waals surface area (Å²) < 4.78 is 9.80. The first-order chi connectivity index (χ1) is 14.1. The van der Waals surface area contributed by atoms with E-state index >= 15 is 0 Å². The number of benzene rings is 1. The van der Waals surface area contributed by atoms with Crippen LogP contribution in [0.1, 0.15) is 50.5 Å². The molecule has 0 bridgehead atoms. The molecule has 1 atom stereocenters. The Kier molecular flexibility index (Phi) is 12.3. The molecule has 0 saturated carbocycles. The fourth-order valence-corrected chi connectivity index (χ4v) is 2.59. The molecule has 0 aliphatic heterocycles. The molecule has 0 fully saturated rings. The number of amides is 2. The first-order valence-electron chi connectivity index (χ1n) is 9.75. The van der Waals surface area contributed by atoms with Gasteiger partial charge in [0.1, 0.15) is 12.6 Å². The number of alkyl carbamates (subject to hydrolysis) is 1. The molecule has 1 rings (SSSR count). The molecule has 0 aromatic heterocycles. The number of nitrogens with one attached hydrogen (secondary N) is 2. The van der Waals surface area contributed by atoms with Gasteiger partial charge in [0, 0.05) is 19.4 Å². The highest BCUT2D eigenvalue weighted by molar-refractivity contribution is 5.84. The first-order valence-corrected chi connectivity index (χ1v) is 9.75. The zero-order valence-electron chi connectivity index (χ0n) is 16.8. The molecule has 158 valence electrons. The number of methoxy groups -OCH3 is 1. The van der Waals surface area contributed by atoms with E-state index in [1.165, 1.54) is 7.11 Å². The number of unbranched alkanes of at least 4 members (excludes halogenated alkanes) is 3. The van der Waals surface area contributed by atoms with E-state index in [4.69, 9.17) is 10.00 Å². The van der Waals surface area contributed by atoms with Crippen molar-refractivity contribution in [3.8, 4) is 6.07 Å². The summed E-state index contributed by atoms with van der Waals surface area (Å²) in [7, 11) is 1.27. The molecular formula is C21H29N3O5. The number of carbonyl (C=O) groups excluding carboxylic acids is 3. The van der Waals surface area contributed by atoms with Gasteiger partial charge in [-0.3, -0.25) is 4.79 Å². The van der Waals surface area contributed by atoms with E-state index in [1.807, 2.05) is 36.4 Å². The molecule has 0 aliphatic carbocycles. The van der Waals surface area contributed by atoms with Crippen LogP contribution in [0, 0.1) is 11.3 Å². The molecule has 0 aliphatic rings. The SMILES string of the molecule is COC(=O)[C@@H](CCCC#N)NC(=O)CCCCCNC(=O)OCc1ccccc1. The van der Waals surface area contributed by atoms with Gasteiger partial charge in [0.2, 0.25) is 5.91 Å². The highest BCUT2D eigenvalue weighted by Gasteiger charge is 2.20. The van der Waals surface area contributed by atoms with Crippen LogP contribution in [0.5, 0.6) is 0 Å². The fourth-order valence-electron chi connectivity index (χ4n) is 2.59. The van der Waals surface area contributed by atoms with Crippen LogP contribution in [0.25, 0.3) is 0 Å². The third-order valence-electron chi connectivity index (χ3n) is 4.17. The molecule has 29 heavy (non-hydrogen) atoms. The summed E-state index contributed by atoms with van der Waals surface area (Å²) in [4.78, 5) is 35.3. The minimum absolute atomic E-state index is 0.225. The Bertz CT molecular complexity index is 673. The Morgan fingerprint density at radius 1 is 1.10 bits per heavy atom. The lowest BCUT2D eigenvalue weighted by molar-refractivity contribution is -0.145. The minimum atomic E-state index is -0.720. The molecule has 0 saturated heterocycles. The Morgan fingerprint density at radius 3 is 2.55 bits per heavy atom. The van der Waals surface area contributed by atoms with Gasteiger partial charge in [-0.2, -0.15) is 5.26 Å². The van der Waals surface area contributed by atoms with Crippen molar-refractivity contribution in [1.82, 2.24) is 10.6 Å². The van der Waals surface area contributed by atoms with Crippen LogP contribution in [0.4, 0.5) is 4.79 Å².